The molecule has 1 saturated carbocycles. The van der Waals surface area contributed by atoms with E-state index < -0.39 is 34.3 Å². The SMILES string of the molecule is C=C(/C=C(\C=C/C)N1CCN(C(=O)Oc2ccc(F)cc2)CC1)O[C@H]1CC[C@H](Nc2ccc([N+](=O)[O-])c(C(F)(F)F)c2)CC1. The van der Waals surface area contributed by atoms with Crippen LogP contribution < -0.4 is 10.1 Å². The summed E-state index contributed by atoms with van der Waals surface area (Å²) in [4.78, 5) is 26.2. The molecule has 9 nitrogen and oxygen atoms in total. The first-order valence-corrected chi connectivity index (χ1v) is 14.2. The Labute approximate surface area is 252 Å². The molecular weight excluding hydrogens is 584 g/mol. The Bertz CT molecular complexity index is 1390. The van der Waals surface area contributed by atoms with Crippen molar-refractivity contribution in [2.24, 2.45) is 0 Å². The largest absolute Gasteiger partial charge is 0.491 e. The van der Waals surface area contributed by atoms with E-state index in [4.69, 9.17) is 9.47 Å². The smallest absolute Gasteiger partial charge is 0.423 e. The fraction of sp³-hybridized carbons (Fsp3) is 0.387. The zero-order valence-electron chi connectivity index (χ0n) is 24.2. The minimum Gasteiger partial charge on any atom is -0.491 e. The van der Waals surface area contributed by atoms with E-state index in [0.717, 1.165) is 17.8 Å². The minimum atomic E-state index is -4.84. The fourth-order valence-electron chi connectivity index (χ4n) is 5.22. The number of alkyl halides is 3. The lowest BCUT2D eigenvalue weighted by Gasteiger charge is -2.36. The first kappa shape index (κ1) is 32.4. The van der Waals surface area contributed by atoms with Gasteiger partial charge in [0.05, 0.1) is 11.0 Å². The molecule has 1 saturated heterocycles. The lowest BCUT2D eigenvalue weighted by Crippen LogP contribution is -2.49. The van der Waals surface area contributed by atoms with Crippen molar-refractivity contribution in [2.45, 2.75) is 50.9 Å². The Morgan fingerprint density at radius 2 is 1.68 bits per heavy atom. The number of hydrogen-bond donors (Lipinski definition) is 1. The molecule has 2 aromatic rings. The van der Waals surface area contributed by atoms with Crippen molar-refractivity contribution in [1.82, 2.24) is 9.80 Å². The lowest BCUT2D eigenvalue weighted by atomic mass is 9.92. The first-order chi connectivity index (χ1) is 20.9. The number of anilines is 1. The van der Waals surface area contributed by atoms with Crippen LogP contribution in [-0.4, -0.2) is 59.1 Å². The number of amides is 1. The molecule has 0 radical (unpaired) electrons. The van der Waals surface area contributed by atoms with E-state index in [1.165, 1.54) is 30.3 Å². The number of ether oxygens (including phenoxy) is 2. The molecule has 1 amide bonds. The van der Waals surface area contributed by atoms with Crippen molar-refractivity contribution in [2.75, 3.05) is 31.5 Å². The predicted octanol–water partition coefficient (Wildman–Crippen LogP) is 7.28. The van der Waals surface area contributed by atoms with Crippen molar-refractivity contribution in [3.63, 3.8) is 0 Å². The number of nitrogens with zero attached hydrogens (tertiary/aromatic N) is 3. The number of carbonyl (C=O) groups excluding carboxylic acids is 1. The van der Waals surface area contributed by atoms with E-state index >= 15 is 0 Å². The maximum absolute atomic E-state index is 13.3. The summed E-state index contributed by atoms with van der Waals surface area (Å²) in [6, 6.07) is 8.09. The summed E-state index contributed by atoms with van der Waals surface area (Å²) in [6.07, 6.45) is 2.78. The number of halogens is 4. The molecule has 1 aliphatic carbocycles. The van der Waals surface area contributed by atoms with E-state index in [1.807, 2.05) is 25.2 Å². The maximum atomic E-state index is 13.3. The third-order valence-electron chi connectivity index (χ3n) is 7.43. The van der Waals surface area contributed by atoms with Gasteiger partial charge in [-0.2, -0.15) is 13.2 Å². The van der Waals surface area contributed by atoms with E-state index in [1.54, 1.807) is 4.90 Å². The Morgan fingerprint density at radius 1 is 1.05 bits per heavy atom. The number of nitro groups is 1. The van der Waals surface area contributed by atoms with Crippen molar-refractivity contribution in [1.29, 1.82) is 0 Å². The van der Waals surface area contributed by atoms with Gasteiger partial charge in [0.1, 0.15) is 22.9 Å². The van der Waals surface area contributed by atoms with Gasteiger partial charge in [-0.05, 0) is 75.1 Å². The number of hydrogen-bond acceptors (Lipinski definition) is 7. The van der Waals surface area contributed by atoms with Gasteiger partial charge in [0.15, 0.2) is 0 Å². The van der Waals surface area contributed by atoms with Crippen LogP contribution in [-0.2, 0) is 10.9 Å². The third kappa shape index (κ3) is 8.74. The van der Waals surface area contributed by atoms with Crippen LogP contribution in [0, 0.1) is 15.9 Å². The third-order valence-corrected chi connectivity index (χ3v) is 7.43. The molecule has 0 bridgehead atoms. The number of rotatable bonds is 9. The molecule has 2 fully saturated rings. The van der Waals surface area contributed by atoms with Crippen LogP contribution in [0.1, 0.15) is 38.2 Å². The highest BCUT2D eigenvalue weighted by Crippen LogP contribution is 2.38. The van der Waals surface area contributed by atoms with Gasteiger partial charge in [-0.3, -0.25) is 10.1 Å². The molecule has 1 heterocycles. The Hall–Kier alpha value is -4.55. The molecule has 1 aliphatic heterocycles. The number of carbonyl (C=O) groups is 1. The van der Waals surface area contributed by atoms with Crippen LogP contribution in [0.2, 0.25) is 0 Å². The van der Waals surface area contributed by atoms with E-state index in [2.05, 4.69) is 16.8 Å². The topological polar surface area (TPSA) is 97.2 Å². The molecule has 44 heavy (non-hydrogen) atoms. The van der Waals surface area contributed by atoms with Crippen molar-refractivity contribution >= 4 is 17.5 Å². The van der Waals surface area contributed by atoms with Gasteiger partial charge in [0, 0.05) is 55.7 Å². The summed E-state index contributed by atoms with van der Waals surface area (Å²) >= 11 is 0. The quantitative estimate of drug-likeness (QED) is 0.104. The second-order valence-electron chi connectivity index (χ2n) is 10.6. The van der Waals surface area contributed by atoms with Gasteiger partial charge < -0.3 is 24.6 Å². The number of allylic oxidation sites excluding steroid dienone is 3. The summed E-state index contributed by atoms with van der Waals surface area (Å²) in [6.45, 7) is 7.91. The Balaban J connectivity index is 1.26. The van der Waals surface area contributed by atoms with Gasteiger partial charge >= 0.3 is 12.3 Å². The van der Waals surface area contributed by atoms with Crippen LogP contribution in [0.25, 0.3) is 0 Å². The zero-order valence-corrected chi connectivity index (χ0v) is 24.2. The van der Waals surface area contributed by atoms with Gasteiger partial charge in [0.2, 0.25) is 0 Å². The Kier molecular flexibility index (Phi) is 10.5. The predicted molar refractivity (Wildman–Crippen MR) is 156 cm³/mol. The number of benzene rings is 2. The molecule has 0 spiro atoms. The summed E-state index contributed by atoms with van der Waals surface area (Å²) < 4.78 is 64.5. The van der Waals surface area contributed by atoms with E-state index in [-0.39, 0.29) is 23.6 Å². The average molecular weight is 619 g/mol. The molecule has 0 aromatic heterocycles. The molecule has 0 unspecified atom stereocenters. The maximum Gasteiger partial charge on any atom is 0.423 e. The lowest BCUT2D eigenvalue weighted by molar-refractivity contribution is -0.388. The van der Waals surface area contributed by atoms with Crippen LogP contribution in [0.5, 0.6) is 5.75 Å². The van der Waals surface area contributed by atoms with Gasteiger partial charge in [0.25, 0.3) is 5.69 Å². The average Bonchev–Trinajstić information content (AvgIpc) is 2.98. The van der Waals surface area contributed by atoms with Crippen LogP contribution in [0.15, 0.2) is 78.7 Å². The monoisotopic (exact) mass is 618 g/mol. The molecular formula is C31H34F4N4O5. The first-order valence-electron chi connectivity index (χ1n) is 14.2. The van der Waals surface area contributed by atoms with Crippen LogP contribution in [0.3, 0.4) is 0 Å². The molecule has 236 valence electrons. The summed E-state index contributed by atoms with van der Waals surface area (Å²) in [7, 11) is 0. The standard InChI is InChI=1S/C31H34F4N4O5/c1-3-4-25(37-15-17-38(18-16-37)30(40)44-27-10-5-22(32)6-11-27)19-21(2)43-26-12-7-23(8-13-26)36-24-9-14-29(39(41)42)28(20-24)31(33,34)35/h3-6,9-11,14,19-20,23,26,36H,2,7-8,12-13,15-18H2,1H3/b4-3-,25-19+/t23-,26-. The molecule has 4 rings (SSSR count). The van der Waals surface area contributed by atoms with Gasteiger partial charge in [-0.15, -0.1) is 0 Å². The van der Waals surface area contributed by atoms with E-state index in [9.17, 15) is 32.5 Å². The van der Waals surface area contributed by atoms with Crippen molar-refractivity contribution < 1.29 is 36.8 Å². The second-order valence-corrected chi connectivity index (χ2v) is 10.6. The fourth-order valence-corrected chi connectivity index (χ4v) is 5.22. The highest BCUT2D eigenvalue weighted by atomic mass is 19.4. The molecule has 0 atom stereocenters. The van der Waals surface area contributed by atoms with E-state index in [0.29, 0.717) is 57.6 Å². The normalized spacial score (nSPS) is 19.5. The summed E-state index contributed by atoms with van der Waals surface area (Å²) in [5, 5.41) is 14.1. The summed E-state index contributed by atoms with van der Waals surface area (Å²) in [5.41, 5.74) is -1.20. The highest BCUT2D eigenvalue weighted by molar-refractivity contribution is 5.70. The van der Waals surface area contributed by atoms with Gasteiger partial charge in [-0.1, -0.05) is 12.7 Å². The molecule has 1 N–H and O–H groups in total. The minimum absolute atomic E-state index is 0.106. The van der Waals surface area contributed by atoms with Crippen LogP contribution in [0.4, 0.5) is 33.7 Å². The van der Waals surface area contributed by atoms with Crippen LogP contribution >= 0.6 is 0 Å². The molecule has 2 aromatic carbocycles. The van der Waals surface area contributed by atoms with Crippen molar-refractivity contribution in [3.05, 3.63) is 100 Å². The number of nitrogens with one attached hydrogen (secondary N) is 1. The second kappa shape index (κ2) is 14.3. The Morgan fingerprint density at radius 3 is 2.27 bits per heavy atom. The molecule has 13 heteroatoms. The zero-order chi connectivity index (χ0) is 31.9. The molecule has 2 aliphatic rings. The highest BCUT2D eigenvalue weighted by Gasteiger charge is 2.38. The van der Waals surface area contributed by atoms with Gasteiger partial charge in [-0.25, -0.2) is 9.18 Å². The summed E-state index contributed by atoms with van der Waals surface area (Å²) in [5.74, 6) is 0.328. The number of piperazine rings is 1. The number of nitro benzene ring substituents is 1. The van der Waals surface area contributed by atoms with Crippen molar-refractivity contribution in [3.8, 4) is 5.75 Å².